The molecule has 2 heterocycles. The molecular weight excluding hydrogens is 344 g/mol. The molecule has 9 heteroatoms. The summed E-state index contributed by atoms with van der Waals surface area (Å²) in [6, 6.07) is 8.14. The van der Waals surface area contributed by atoms with Gasteiger partial charge in [-0.2, -0.15) is 9.57 Å². The predicted molar refractivity (Wildman–Crippen MR) is 87.5 cm³/mol. The van der Waals surface area contributed by atoms with E-state index in [0.29, 0.717) is 18.7 Å². The van der Waals surface area contributed by atoms with Crippen molar-refractivity contribution in [3.8, 4) is 17.7 Å². The first-order valence-corrected chi connectivity index (χ1v) is 9.00. The van der Waals surface area contributed by atoms with Crippen molar-refractivity contribution >= 4 is 10.0 Å². The molecule has 0 amide bonds. The Bertz CT molecular complexity index is 893. The van der Waals surface area contributed by atoms with Gasteiger partial charge in [-0.25, -0.2) is 18.4 Å². The van der Waals surface area contributed by atoms with E-state index in [1.165, 1.54) is 35.9 Å². The molecule has 2 aromatic rings. The maximum absolute atomic E-state index is 12.7. The van der Waals surface area contributed by atoms with Crippen LogP contribution < -0.4 is 9.47 Å². The number of ether oxygens (including phenoxy) is 2. The van der Waals surface area contributed by atoms with Gasteiger partial charge in [0, 0.05) is 18.9 Å². The minimum absolute atomic E-state index is 0.0824. The molecule has 1 atom stereocenters. The lowest BCUT2D eigenvalue weighted by atomic mass is 10.3. The lowest BCUT2D eigenvalue weighted by Gasteiger charge is -2.17. The van der Waals surface area contributed by atoms with E-state index in [1.807, 2.05) is 6.07 Å². The minimum atomic E-state index is -3.61. The monoisotopic (exact) mass is 360 g/mol. The molecule has 0 bridgehead atoms. The van der Waals surface area contributed by atoms with Gasteiger partial charge in [0.25, 0.3) is 5.88 Å². The Morgan fingerprint density at radius 1 is 1.24 bits per heavy atom. The molecule has 1 aliphatic heterocycles. The average Bonchev–Trinajstić information content (AvgIpc) is 3.11. The summed E-state index contributed by atoms with van der Waals surface area (Å²) in [4.78, 5) is 8.07. The van der Waals surface area contributed by atoms with Crippen LogP contribution in [0.25, 0.3) is 0 Å². The SMILES string of the molecule is COc1ccc(S(=O)(=O)N2CCC(Oc3nccnc3C#N)C2)cc1. The van der Waals surface area contributed by atoms with Crippen molar-refractivity contribution in [1.82, 2.24) is 14.3 Å². The van der Waals surface area contributed by atoms with Crippen molar-refractivity contribution < 1.29 is 17.9 Å². The van der Waals surface area contributed by atoms with Gasteiger partial charge in [-0.15, -0.1) is 0 Å². The number of hydrogen-bond donors (Lipinski definition) is 0. The van der Waals surface area contributed by atoms with E-state index in [2.05, 4.69) is 9.97 Å². The smallest absolute Gasteiger partial charge is 0.251 e. The van der Waals surface area contributed by atoms with Gasteiger partial charge in [-0.1, -0.05) is 0 Å². The van der Waals surface area contributed by atoms with Crippen LogP contribution in [0.2, 0.25) is 0 Å². The Labute approximate surface area is 145 Å². The van der Waals surface area contributed by atoms with Gasteiger partial charge in [-0.05, 0) is 30.7 Å². The molecule has 1 aromatic carbocycles. The first-order chi connectivity index (χ1) is 12.0. The molecule has 0 saturated carbocycles. The number of methoxy groups -OCH3 is 1. The second kappa shape index (κ2) is 7.04. The molecule has 0 N–H and O–H groups in total. The molecule has 0 aliphatic carbocycles. The molecule has 0 spiro atoms. The summed E-state index contributed by atoms with van der Waals surface area (Å²) >= 11 is 0. The van der Waals surface area contributed by atoms with Crippen LogP contribution in [0.3, 0.4) is 0 Å². The summed E-state index contributed by atoms with van der Waals surface area (Å²) in [6.45, 7) is 0.525. The number of sulfonamides is 1. The zero-order valence-electron chi connectivity index (χ0n) is 13.5. The second-order valence-electron chi connectivity index (χ2n) is 5.39. The van der Waals surface area contributed by atoms with Crippen LogP contribution >= 0.6 is 0 Å². The Kier molecular flexibility index (Phi) is 4.83. The van der Waals surface area contributed by atoms with Gasteiger partial charge in [-0.3, -0.25) is 0 Å². The number of nitrogens with zero attached hydrogens (tertiary/aromatic N) is 4. The molecule has 8 nitrogen and oxygen atoms in total. The predicted octanol–water partition coefficient (Wildman–Crippen LogP) is 1.20. The van der Waals surface area contributed by atoms with E-state index in [-0.39, 0.29) is 29.1 Å². The van der Waals surface area contributed by atoms with Gasteiger partial charge >= 0.3 is 0 Å². The Morgan fingerprint density at radius 2 is 1.96 bits per heavy atom. The zero-order chi connectivity index (χ0) is 17.9. The van der Waals surface area contributed by atoms with Crippen LogP contribution in [0.4, 0.5) is 0 Å². The molecule has 1 aromatic heterocycles. The summed E-state index contributed by atoms with van der Waals surface area (Å²) in [5, 5.41) is 9.02. The van der Waals surface area contributed by atoms with E-state index in [1.54, 1.807) is 12.1 Å². The highest BCUT2D eigenvalue weighted by Crippen LogP contribution is 2.25. The Balaban J connectivity index is 1.72. The topological polar surface area (TPSA) is 105 Å². The fourth-order valence-electron chi connectivity index (χ4n) is 2.56. The molecule has 0 radical (unpaired) electrons. The molecule has 25 heavy (non-hydrogen) atoms. The summed E-state index contributed by atoms with van der Waals surface area (Å²) < 4.78 is 37.5. The van der Waals surface area contributed by atoms with Crippen molar-refractivity contribution in [2.45, 2.75) is 17.4 Å². The summed E-state index contributed by atoms with van der Waals surface area (Å²) in [7, 11) is -2.09. The molecule has 1 saturated heterocycles. The van der Waals surface area contributed by atoms with Crippen molar-refractivity contribution in [2.75, 3.05) is 20.2 Å². The number of nitriles is 1. The zero-order valence-corrected chi connectivity index (χ0v) is 14.3. The highest BCUT2D eigenvalue weighted by atomic mass is 32.2. The van der Waals surface area contributed by atoms with Crippen LogP contribution in [0.15, 0.2) is 41.6 Å². The van der Waals surface area contributed by atoms with Crippen molar-refractivity contribution in [3.05, 3.63) is 42.4 Å². The summed E-state index contributed by atoms with van der Waals surface area (Å²) in [6.07, 6.45) is 2.96. The van der Waals surface area contributed by atoms with Crippen LogP contribution in [-0.4, -0.2) is 49.0 Å². The summed E-state index contributed by atoms with van der Waals surface area (Å²) in [5.41, 5.74) is 0.0824. The normalized spacial score (nSPS) is 17.8. The molecule has 1 fully saturated rings. The number of rotatable bonds is 5. The Morgan fingerprint density at radius 3 is 2.64 bits per heavy atom. The maximum atomic E-state index is 12.7. The first kappa shape index (κ1) is 17.1. The highest BCUT2D eigenvalue weighted by molar-refractivity contribution is 7.89. The summed E-state index contributed by atoms with van der Waals surface area (Å²) in [5.74, 6) is 0.715. The van der Waals surface area contributed by atoms with Crippen LogP contribution in [-0.2, 0) is 10.0 Å². The van der Waals surface area contributed by atoms with E-state index >= 15 is 0 Å². The Hall–Kier alpha value is -2.70. The number of benzene rings is 1. The van der Waals surface area contributed by atoms with E-state index in [0.717, 1.165) is 0 Å². The van der Waals surface area contributed by atoms with Gasteiger partial charge in [0.15, 0.2) is 0 Å². The second-order valence-corrected chi connectivity index (χ2v) is 7.33. The molecular formula is C16H16N4O4S. The van der Waals surface area contributed by atoms with Crippen LogP contribution in [0.5, 0.6) is 11.6 Å². The van der Waals surface area contributed by atoms with Crippen LogP contribution in [0.1, 0.15) is 12.1 Å². The van der Waals surface area contributed by atoms with E-state index in [4.69, 9.17) is 14.7 Å². The average molecular weight is 360 g/mol. The largest absolute Gasteiger partial charge is 0.497 e. The van der Waals surface area contributed by atoms with Gasteiger partial charge < -0.3 is 9.47 Å². The third-order valence-electron chi connectivity index (χ3n) is 3.85. The standard InChI is InChI=1S/C16H16N4O4S/c1-23-12-2-4-14(5-3-12)25(21,22)20-9-6-13(11-20)24-16-15(10-17)18-7-8-19-16/h2-5,7-8,13H,6,9,11H2,1H3. The quantitative estimate of drug-likeness (QED) is 0.789. The number of aromatic nitrogens is 2. The maximum Gasteiger partial charge on any atom is 0.251 e. The van der Waals surface area contributed by atoms with E-state index in [9.17, 15) is 8.42 Å². The van der Waals surface area contributed by atoms with Crippen LogP contribution in [0, 0.1) is 11.3 Å². The minimum Gasteiger partial charge on any atom is -0.497 e. The highest BCUT2D eigenvalue weighted by Gasteiger charge is 2.34. The molecule has 1 unspecified atom stereocenters. The fourth-order valence-corrected chi connectivity index (χ4v) is 4.04. The first-order valence-electron chi connectivity index (χ1n) is 7.56. The molecule has 130 valence electrons. The van der Waals surface area contributed by atoms with Crippen molar-refractivity contribution in [1.29, 1.82) is 5.26 Å². The third kappa shape index (κ3) is 3.55. The number of hydrogen-bond acceptors (Lipinski definition) is 7. The molecule has 3 rings (SSSR count). The van der Waals surface area contributed by atoms with Gasteiger partial charge in [0.2, 0.25) is 15.7 Å². The van der Waals surface area contributed by atoms with E-state index < -0.39 is 10.0 Å². The third-order valence-corrected chi connectivity index (χ3v) is 5.73. The lowest BCUT2D eigenvalue weighted by molar-refractivity contribution is 0.205. The fraction of sp³-hybridized carbons (Fsp3) is 0.312. The van der Waals surface area contributed by atoms with Crippen molar-refractivity contribution in [2.24, 2.45) is 0 Å². The van der Waals surface area contributed by atoms with Gasteiger partial charge in [0.1, 0.15) is 17.9 Å². The van der Waals surface area contributed by atoms with Gasteiger partial charge in [0.05, 0.1) is 18.6 Å². The lowest BCUT2D eigenvalue weighted by Crippen LogP contribution is -2.31. The molecule has 1 aliphatic rings. The van der Waals surface area contributed by atoms with Crippen molar-refractivity contribution in [3.63, 3.8) is 0 Å².